The number of hydrogen-bond donors (Lipinski definition) is 1. The van der Waals surface area contributed by atoms with E-state index in [0.717, 1.165) is 11.3 Å². The summed E-state index contributed by atoms with van der Waals surface area (Å²) in [5.41, 5.74) is 1.76. The number of hydrogen-bond acceptors (Lipinski definition) is 3. The average molecular weight is 254 g/mol. The zero-order chi connectivity index (χ0) is 13.7. The molecule has 4 heteroatoms. The molecule has 0 bridgehead atoms. The van der Waals surface area contributed by atoms with Crippen molar-refractivity contribution in [3.8, 4) is 11.3 Å². The maximum atomic E-state index is 11.5. The van der Waals surface area contributed by atoms with Gasteiger partial charge in [-0.2, -0.15) is 0 Å². The molecule has 0 aliphatic carbocycles. The fraction of sp³-hybridized carbons (Fsp3) is 0.133. The Kier molecular flexibility index (Phi) is 4.03. The second-order valence-corrected chi connectivity index (χ2v) is 4.20. The van der Waals surface area contributed by atoms with Crippen LogP contribution in [0.1, 0.15) is 13.3 Å². The largest absolute Gasteiger partial charge is 0.310 e. The molecule has 1 N–H and O–H groups in total. The highest BCUT2D eigenvalue weighted by Gasteiger charge is 2.07. The molecule has 0 radical (unpaired) electrons. The van der Waals surface area contributed by atoms with Crippen molar-refractivity contribution in [1.29, 1.82) is 0 Å². The van der Waals surface area contributed by atoms with Crippen molar-refractivity contribution in [2.45, 2.75) is 13.3 Å². The summed E-state index contributed by atoms with van der Waals surface area (Å²) in [7, 11) is 0. The minimum Gasteiger partial charge on any atom is -0.310 e. The minimum absolute atomic E-state index is 0.128. The number of carbonyl (C=O) groups excluding carboxylic acids is 2. The van der Waals surface area contributed by atoms with Crippen LogP contribution < -0.4 is 5.32 Å². The highest BCUT2D eigenvalue weighted by Crippen LogP contribution is 2.18. The molecule has 2 aromatic rings. The maximum Gasteiger partial charge on any atom is 0.232 e. The average Bonchev–Trinajstić information content (AvgIpc) is 2.39. The summed E-state index contributed by atoms with van der Waals surface area (Å²) in [6, 6.07) is 15.1. The molecule has 0 saturated carbocycles. The molecule has 0 unspecified atom stereocenters. The Hall–Kier alpha value is -2.49. The lowest BCUT2D eigenvalue weighted by Gasteiger charge is -2.05. The normalized spacial score (nSPS) is 9.95. The molecule has 1 heterocycles. The van der Waals surface area contributed by atoms with Crippen molar-refractivity contribution in [1.82, 2.24) is 4.98 Å². The van der Waals surface area contributed by atoms with Gasteiger partial charge >= 0.3 is 0 Å². The van der Waals surface area contributed by atoms with Crippen LogP contribution in [0.5, 0.6) is 0 Å². The van der Waals surface area contributed by atoms with Crippen LogP contribution in [0.25, 0.3) is 11.3 Å². The van der Waals surface area contributed by atoms with Gasteiger partial charge in [-0.25, -0.2) is 4.98 Å². The third-order valence-electron chi connectivity index (χ3n) is 2.50. The molecule has 2 rings (SSSR count). The Bertz CT molecular complexity index is 594. The number of rotatable bonds is 4. The minimum atomic E-state index is -0.342. The van der Waals surface area contributed by atoms with Crippen molar-refractivity contribution in [3.05, 3.63) is 48.5 Å². The maximum absolute atomic E-state index is 11.5. The standard InChI is InChI=1S/C15H14N2O2/c1-11(18)10-15(19)17-14-9-5-8-13(16-14)12-6-3-2-4-7-12/h2-9H,10H2,1H3,(H,16,17,19). The number of nitrogens with zero attached hydrogens (tertiary/aromatic N) is 1. The van der Waals surface area contributed by atoms with E-state index in [2.05, 4.69) is 10.3 Å². The van der Waals surface area contributed by atoms with Gasteiger partial charge in [-0.05, 0) is 19.1 Å². The van der Waals surface area contributed by atoms with E-state index in [0.29, 0.717) is 5.82 Å². The second kappa shape index (κ2) is 5.91. The van der Waals surface area contributed by atoms with Gasteiger partial charge in [-0.3, -0.25) is 9.59 Å². The molecule has 0 saturated heterocycles. The Morgan fingerprint density at radius 1 is 1.05 bits per heavy atom. The summed E-state index contributed by atoms with van der Waals surface area (Å²) in [5, 5.41) is 2.61. The fourth-order valence-corrected chi connectivity index (χ4v) is 1.69. The van der Waals surface area contributed by atoms with Gasteiger partial charge in [0.25, 0.3) is 0 Å². The van der Waals surface area contributed by atoms with Crippen molar-refractivity contribution in [2.75, 3.05) is 5.32 Å². The molecule has 0 fully saturated rings. The summed E-state index contributed by atoms with van der Waals surface area (Å²) < 4.78 is 0. The molecule has 19 heavy (non-hydrogen) atoms. The lowest BCUT2D eigenvalue weighted by molar-refractivity contribution is -0.124. The van der Waals surface area contributed by atoms with E-state index in [9.17, 15) is 9.59 Å². The molecule has 0 spiro atoms. The summed E-state index contributed by atoms with van der Waals surface area (Å²) in [4.78, 5) is 26.7. The monoisotopic (exact) mass is 254 g/mol. The number of ketones is 1. The molecule has 0 aliphatic rings. The van der Waals surface area contributed by atoms with Crippen LogP contribution >= 0.6 is 0 Å². The smallest absolute Gasteiger partial charge is 0.232 e. The molecule has 4 nitrogen and oxygen atoms in total. The van der Waals surface area contributed by atoms with Crippen LogP contribution in [0.3, 0.4) is 0 Å². The first-order valence-corrected chi connectivity index (χ1v) is 5.97. The molecule has 1 aromatic carbocycles. The highest BCUT2D eigenvalue weighted by molar-refractivity contribution is 6.03. The van der Waals surface area contributed by atoms with Crippen molar-refractivity contribution >= 4 is 17.5 Å². The van der Waals surface area contributed by atoms with E-state index in [-0.39, 0.29) is 18.1 Å². The lowest BCUT2D eigenvalue weighted by Crippen LogP contribution is -2.15. The molecule has 0 aliphatic heterocycles. The van der Waals surface area contributed by atoms with Crippen molar-refractivity contribution < 1.29 is 9.59 Å². The van der Waals surface area contributed by atoms with E-state index in [1.165, 1.54) is 6.92 Å². The Balaban J connectivity index is 2.16. The molecule has 1 aromatic heterocycles. The number of amides is 1. The van der Waals surface area contributed by atoms with E-state index in [4.69, 9.17) is 0 Å². The zero-order valence-electron chi connectivity index (χ0n) is 10.6. The topological polar surface area (TPSA) is 59.1 Å². The van der Waals surface area contributed by atoms with E-state index >= 15 is 0 Å². The second-order valence-electron chi connectivity index (χ2n) is 4.20. The Morgan fingerprint density at radius 2 is 1.79 bits per heavy atom. The fourth-order valence-electron chi connectivity index (χ4n) is 1.69. The lowest BCUT2D eigenvalue weighted by atomic mass is 10.1. The Morgan fingerprint density at radius 3 is 2.47 bits per heavy atom. The van der Waals surface area contributed by atoms with Gasteiger partial charge in [0, 0.05) is 5.56 Å². The van der Waals surface area contributed by atoms with E-state index < -0.39 is 0 Å². The molecular formula is C15H14N2O2. The highest BCUT2D eigenvalue weighted by atomic mass is 16.2. The van der Waals surface area contributed by atoms with Gasteiger partial charge in [-0.15, -0.1) is 0 Å². The van der Waals surface area contributed by atoms with Crippen LogP contribution in [0.15, 0.2) is 48.5 Å². The van der Waals surface area contributed by atoms with E-state index in [1.54, 1.807) is 6.07 Å². The zero-order valence-corrected chi connectivity index (χ0v) is 10.6. The Labute approximate surface area is 111 Å². The SMILES string of the molecule is CC(=O)CC(=O)Nc1cccc(-c2ccccc2)n1. The van der Waals surface area contributed by atoms with Gasteiger partial charge < -0.3 is 5.32 Å². The predicted octanol–water partition coefficient (Wildman–Crippen LogP) is 2.67. The first-order chi connectivity index (χ1) is 9.15. The van der Waals surface area contributed by atoms with Crippen molar-refractivity contribution in [3.63, 3.8) is 0 Å². The van der Waals surface area contributed by atoms with Gasteiger partial charge in [0.05, 0.1) is 12.1 Å². The van der Waals surface area contributed by atoms with Gasteiger partial charge in [0.15, 0.2) is 0 Å². The molecular weight excluding hydrogens is 240 g/mol. The molecule has 96 valence electrons. The van der Waals surface area contributed by atoms with Gasteiger partial charge in [-0.1, -0.05) is 36.4 Å². The first-order valence-electron chi connectivity index (χ1n) is 5.97. The number of benzene rings is 1. The third-order valence-corrected chi connectivity index (χ3v) is 2.50. The van der Waals surface area contributed by atoms with Crippen LogP contribution in [-0.2, 0) is 9.59 Å². The van der Waals surface area contributed by atoms with E-state index in [1.807, 2.05) is 42.5 Å². The molecule has 1 amide bonds. The van der Waals surface area contributed by atoms with Crippen molar-refractivity contribution in [2.24, 2.45) is 0 Å². The number of carbonyl (C=O) groups is 2. The summed E-state index contributed by atoms with van der Waals surface area (Å²) >= 11 is 0. The number of pyridine rings is 1. The first kappa shape index (κ1) is 13.0. The predicted molar refractivity (Wildman–Crippen MR) is 73.6 cm³/mol. The summed E-state index contributed by atoms with van der Waals surface area (Å²) in [6.45, 7) is 1.38. The van der Waals surface area contributed by atoms with Gasteiger partial charge in [0.1, 0.15) is 11.6 Å². The van der Waals surface area contributed by atoms with Crippen LogP contribution in [0, 0.1) is 0 Å². The summed E-state index contributed by atoms with van der Waals surface area (Å²) in [5.74, 6) is -0.0606. The summed E-state index contributed by atoms with van der Waals surface area (Å²) in [6.07, 6.45) is -0.128. The van der Waals surface area contributed by atoms with Crippen LogP contribution in [0.4, 0.5) is 5.82 Å². The third kappa shape index (κ3) is 3.74. The van der Waals surface area contributed by atoms with Gasteiger partial charge in [0.2, 0.25) is 5.91 Å². The number of aromatic nitrogens is 1. The quantitative estimate of drug-likeness (QED) is 0.853. The number of Topliss-reactive ketones (excluding diaryl/α,β-unsaturated/α-hetero) is 1. The van der Waals surface area contributed by atoms with Crippen LogP contribution in [0.2, 0.25) is 0 Å². The molecule has 0 atom stereocenters. The number of nitrogens with one attached hydrogen (secondary N) is 1. The van der Waals surface area contributed by atoms with Crippen LogP contribution in [-0.4, -0.2) is 16.7 Å². The number of anilines is 1.